The molecule has 0 heterocycles. The molecule has 0 bridgehead atoms. The van der Waals surface area contributed by atoms with Gasteiger partial charge in [-0.15, -0.1) is 0 Å². The predicted molar refractivity (Wildman–Crippen MR) is 52.2 cm³/mol. The van der Waals surface area contributed by atoms with Gasteiger partial charge >= 0.3 is 5.97 Å². The maximum Gasteiger partial charge on any atom is 0.341 e. The van der Waals surface area contributed by atoms with E-state index in [9.17, 15) is 9.59 Å². The summed E-state index contributed by atoms with van der Waals surface area (Å²) in [6, 6.07) is 6.46. The first kappa shape index (κ1) is 11.0. The Bertz CT molecular complexity index is 375. The van der Waals surface area contributed by atoms with E-state index < -0.39 is 5.97 Å². The summed E-state index contributed by atoms with van der Waals surface area (Å²) in [7, 11) is 1.28. The summed E-state index contributed by atoms with van der Waals surface area (Å²) >= 11 is 0. The number of benzene rings is 1. The van der Waals surface area contributed by atoms with Crippen LogP contribution in [0.3, 0.4) is 0 Å². The summed E-state index contributed by atoms with van der Waals surface area (Å²) in [6.45, 7) is 1.31. The summed E-state index contributed by atoms with van der Waals surface area (Å²) in [5, 5.41) is 0. The monoisotopic (exact) mass is 209 g/mol. The van der Waals surface area contributed by atoms with E-state index in [0.29, 0.717) is 0 Å². The molecule has 80 valence electrons. The van der Waals surface area contributed by atoms with Gasteiger partial charge in [-0.25, -0.2) is 4.79 Å². The fourth-order valence-corrected chi connectivity index (χ4v) is 0.961. The fraction of sp³-hybridized carbons (Fsp3) is 0.200. The molecule has 1 amide bonds. The molecule has 0 radical (unpaired) electrons. The van der Waals surface area contributed by atoms with E-state index in [4.69, 9.17) is 4.84 Å². The number of carbonyl (C=O) groups is 2. The lowest BCUT2D eigenvalue weighted by atomic mass is 10.2. The van der Waals surface area contributed by atoms with Crippen molar-refractivity contribution in [3.63, 3.8) is 0 Å². The van der Waals surface area contributed by atoms with Crippen LogP contribution in [-0.2, 0) is 9.53 Å². The number of hydrogen-bond acceptors (Lipinski definition) is 4. The molecule has 1 aromatic carbocycles. The lowest BCUT2D eigenvalue weighted by Crippen LogP contribution is -2.24. The van der Waals surface area contributed by atoms with Crippen LogP contribution in [0.2, 0.25) is 0 Å². The van der Waals surface area contributed by atoms with Crippen molar-refractivity contribution in [3.8, 4) is 5.75 Å². The van der Waals surface area contributed by atoms with Gasteiger partial charge < -0.3 is 9.57 Å². The molecule has 1 N–H and O–H groups in total. The van der Waals surface area contributed by atoms with E-state index in [2.05, 4.69) is 10.2 Å². The fourth-order valence-electron chi connectivity index (χ4n) is 0.961. The lowest BCUT2D eigenvalue weighted by Gasteiger charge is -2.08. The number of esters is 1. The number of methoxy groups -OCH3 is 1. The minimum absolute atomic E-state index is 0.250. The molecule has 0 aliphatic carbocycles. The molecule has 5 heteroatoms. The summed E-state index contributed by atoms with van der Waals surface area (Å²) in [4.78, 5) is 26.8. The first-order valence-electron chi connectivity index (χ1n) is 4.26. The van der Waals surface area contributed by atoms with Crippen molar-refractivity contribution in [1.29, 1.82) is 0 Å². The van der Waals surface area contributed by atoms with Gasteiger partial charge in [0.05, 0.1) is 7.11 Å². The third-order valence-electron chi connectivity index (χ3n) is 1.60. The van der Waals surface area contributed by atoms with Gasteiger partial charge in [0.25, 0.3) is 0 Å². The molecule has 0 aliphatic heterocycles. The van der Waals surface area contributed by atoms with E-state index in [-0.39, 0.29) is 17.2 Å². The van der Waals surface area contributed by atoms with Crippen molar-refractivity contribution >= 4 is 11.9 Å². The molecule has 0 saturated heterocycles. The molecule has 0 aliphatic rings. The van der Waals surface area contributed by atoms with Gasteiger partial charge in [-0.2, -0.15) is 5.48 Å². The molecule has 0 atom stereocenters. The van der Waals surface area contributed by atoms with Gasteiger partial charge in [-0.1, -0.05) is 12.1 Å². The Kier molecular flexibility index (Phi) is 3.68. The number of hydrogen-bond donors (Lipinski definition) is 1. The van der Waals surface area contributed by atoms with Gasteiger partial charge in [-0.3, -0.25) is 4.79 Å². The number of amides is 1. The SMILES string of the molecule is COC(=O)c1ccccc1ONC(C)=O. The first-order chi connectivity index (χ1) is 7.15. The Morgan fingerprint density at radius 2 is 1.93 bits per heavy atom. The maximum absolute atomic E-state index is 11.3. The highest BCUT2D eigenvalue weighted by molar-refractivity contribution is 5.92. The molecule has 0 unspecified atom stereocenters. The predicted octanol–water partition coefficient (Wildman–Crippen LogP) is 0.903. The van der Waals surface area contributed by atoms with Crippen LogP contribution in [0.5, 0.6) is 5.75 Å². The van der Waals surface area contributed by atoms with Gasteiger partial charge in [0, 0.05) is 6.92 Å². The standard InChI is InChI=1S/C10H11NO4/c1-7(12)11-15-9-6-4-3-5-8(9)10(13)14-2/h3-6H,1-2H3,(H,11,12). The Morgan fingerprint density at radius 1 is 1.27 bits per heavy atom. The minimum Gasteiger partial charge on any atom is -0.465 e. The number of ether oxygens (including phenoxy) is 1. The molecule has 0 aromatic heterocycles. The van der Waals surface area contributed by atoms with Crippen molar-refractivity contribution in [2.75, 3.05) is 7.11 Å². The molecule has 0 saturated carbocycles. The summed E-state index contributed by atoms with van der Waals surface area (Å²) in [5.74, 6) is -0.620. The quantitative estimate of drug-likeness (QED) is 0.593. The lowest BCUT2D eigenvalue weighted by molar-refractivity contribution is -0.125. The summed E-state index contributed by atoms with van der Waals surface area (Å²) < 4.78 is 4.55. The number of nitrogens with one attached hydrogen (secondary N) is 1. The number of hydroxylamine groups is 1. The first-order valence-corrected chi connectivity index (χ1v) is 4.26. The third kappa shape index (κ3) is 2.98. The Hall–Kier alpha value is -2.04. The molecular formula is C10H11NO4. The second-order valence-corrected chi connectivity index (χ2v) is 2.75. The van der Waals surface area contributed by atoms with Crippen LogP contribution in [0.15, 0.2) is 24.3 Å². The van der Waals surface area contributed by atoms with Gasteiger partial charge in [0.15, 0.2) is 5.75 Å². The van der Waals surface area contributed by atoms with E-state index in [1.54, 1.807) is 24.3 Å². The Morgan fingerprint density at radius 3 is 2.53 bits per heavy atom. The van der Waals surface area contributed by atoms with Gasteiger partial charge in [0.2, 0.25) is 5.91 Å². The zero-order valence-electron chi connectivity index (χ0n) is 8.44. The van der Waals surface area contributed by atoms with Crippen molar-refractivity contribution in [2.24, 2.45) is 0 Å². The second-order valence-electron chi connectivity index (χ2n) is 2.75. The highest BCUT2D eigenvalue weighted by atomic mass is 16.7. The zero-order valence-corrected chi connectivity index (χ0v) is 8.44. The molecule has 15 heavy (non-hydrogen) atoms. The van der Waals surface area contributed by atoms with E-state index in [1.807, 2.05) is 0 Å². The average molecular weight is 209 g/mol. The van der Waals surface area contributed by atoms with Gasteiger partial charge in [0.1, 0.15) is 5.56 Å². The number of carbonyl (C=O) groups excluding carboxylic acids is 2. The molecule has 1 rings (SSSR count). The number of rotatable bonds is 3. The smallest absolute Gasteiger partial charge is 0.341 e. The largest absolute Gasteiger partial charge is 0.465 e. The van der Waals surface area contributed by atoms with Crippen LogP contribution in [0.25, 0.3) is 0 Å². The maximum atomic E-state index is 11.3. The van der Waals surface area contributed by atoms with Crippen LogP contribution in [-0.4, -0.2) is 19.0 Å². The molecule has 1 aromatic rings. The summed E-state index contributed by atoms with van der Waals surface area (Å²) in [5.41, 5.74) is 2.39. The molecule has 0 fully saturated rings. The van der Waals surface area contributed by atoms with Crippen molar-refractivity contribution in [3.05, 3.63) is 29.8 Å². The topological polar surface area (TPSA) is 64.6 Å². The Balaban J connectivity index is 2.86. The zero-order chi connectivity index (χ0) is 11.3. The van der Waals surface area contributed by atoms with Crippen molar-refractivity contribution < 1.29 is 19.2 Å². The van der Waals surface area contributed by atoms with Gasteiger partial charge in [-0.05, 0) is 12.1 Å². The van der Waals surface area contributed by atoms with Crippen molar-refractivity contribution in [2.45, 2.75) is 6.92 Å². The third-order valence-corrected chi connectivity index (χ3v) is 1.60. The second kappa shape index (κ2) is 4.99. The van der Waals surface area contributed by atoms with E-state index in [0.717, 1.165) is 0 Å². The van der Waals surface area contributed by atoms with Crippen molar-refractivity contribution in [1.82, 2.24) is 5.48 Å². The molecular weight excluding hydrogens is 198 g/mol. The molecule has 0 spiro atoms. The van der Waals surface area contributed by atoms with E-state index in [1.165, 1.54) is 14.0 Å². The van der Waals surface area contributed by atoms with Crippen LogP contribution < -0.4 is 10.3 Å². The van der Waals surface area contributed by atoms with Crippen LogP contribution in [0.4, 0.5) is 0 Å². The highest BCUT2D eigenvalue weighted by Crippen LogP contribution is 2.17. The Labute approximate surface area is 86.9 Å². The van der Waals surface area contributed by atoms with Crippen LogP contribution >= 0.6 is 0 Å². The summed E-state index contributed by atoms with van der Waals surface area (Å²) in [6.07, 6.45) is 0. The van der Waals surface area contributed by atoms with Crippen LogP contribution in [0, 0.1) is 0 Å². The average Bonchev–Trinajstić information content (AvgIpc) is 2.25. The molecule has 5 nitrogen and oxygen atoms in total. The van der Waals surface area contributed by atoms with Crippen LogP contribution in [0.1, 0.15) is 17.3 Å². The van der Waals surface area contributed by atoms with E-state index >= 15 is 0 Å². The number of para-hydroxylation sites is 1. The normalized spacial score (nSPS) is 9.20. The minimum atomic E-state index is -0.518. The highest BCUT2D eigenvalue weighted by Gasteiger charge is 2.12.